The molecule has 1 amide bonds. The second kappa shape index (κ2) is 4.77. The number of nitrogens with zero attached hydrogens (tertiary/aromatic N) is 2. The number of hydrogen-bond acceptors (Lipinski definition) is 4. The van der Waals surface area contributed by atoms with Crippen LogP contribution < -0.4 is 4.74 Å². The van der Waals surface area contributed by atoms with Gasteiger partial charge in [-0.3, -0.25) is 14.9 Å². The van der Waals surface area contributed by atoms with Gasteiger partial charge in [-0.2, -0.15) is 0 Å². The van der Waals surface area contributed by atoms with Crippen LogP contribution in [0.5, 0.6) is 5.75 Å². The van der Waals surface area contributed by atoms with Gasteiger partial charge in [0.15, 0.2) is 0 Å². The van der Waals surface area contributed by atoms with Gasteiger partial charge in [0.25, 0.3) is 5.69 Å². The first-order chi connectivity index (χ1) is 9.56. The fourth-order valence-electron chi connectivity index (χ4n) is 3.02. The lowest BCUT2D eigenvalue weighted by Crippen LogP contribution is -2.36. The van der Waals surface area contributed by atoms with E-state index in [4.69, 9.17) is 4.74 Å². The van der Waals surface area contributed by atoms with Crippen LogP contribution in [0, 0.1) is 10.1 Å². The molecule has 0 radical (unpaired) electrons. The van der Waals surface area contributed by atoms with E-state index in [9.17, 15) is 14.9 Å². The van der Waals surface area contributed by atoms with Gasteiger partial charge < -0.3 is 9.64 Å². The number of nitro benzene ring substituents is 1. The summed E-state index contributed by atoms with van der Waals surface area (Å²) in [6, 6.07) is 4.51. The number of carbonyl (C=O) groups is 1. The molecule has 2 heterocycles. The number of amides is 1. The van der Waals surface area contributed by atoms with Crippen molar-refractivity contribution in [3.05, 3.63) is 33.9 Å². The van der Waals surface area contributed by atoms with Crippen LogP contribution in [0.15, 0.2) is 18.2 Å². The summed E-state index contributed by atoms with van der Waals surface area (Å²) in [7, 11) is 0. The number of hydrogen-bond donors (Lipinski definition) is 0. The Morgan fingerprint density at radius 2 is 2.25 bits per heavy atom. The Morgan fingerprint density at radius 1 is 1.45 bits per heavy atom. The van der Waals surface area contributed by atoms with Gasteiger partial charge >= 0.3 is 0 Å². The van der Waals surface area contributed by atoms with Gasteiger partial charge in [0, 0.05) is 37.1 Å². The minimum absolute atomic E-state index is 0.00218. The highest BCUT2D eigenvalue weighted by Gasteiger charge is 2.36. The highest BCUT2D eigenvalue weighted by molar-refractivity contribution is 5.78. The van der Waals surface area contributed by atoms with Crippen LogP contribution in [0.3, 0.4) is 0 Å². The number of ether oxygens (including phenoxy) is 1. The van der Waals surface area contributed by atoms with Crippen LogP contribution in [0.1, 0.15) is 37.8 Å². The molecule has 0 bridgehead atoms. The Bertz CT molecular complexity index is 572. The molecule has 0 aliphatic carbocycles. The Kier molecular flexibility index (Phi) is 3.08. The molecule has 3 rings (SSSR count). The van der Waals surface area contributed by atoms with Crippen molar-refractivity contribution in [2.24, 2.45) is 0 Å². The van der Waals surface area contributed by atoms with Crippen molar-refractivity contribution < 1.29 is 14.5 Å². The van der Waals surface area contributed by atoms with E-state index >= 15 is 0 Å². The first kappa shape index (κ1) is 12.9. The van der Waals surface area contributed by atoms with Gasteiger partial charge in [0.05, 0.1) is 17.1 Å². The number of likely N-dealkylation sites (tertiary alicyclic amines) is 1. The largest absolute Gasteiger partial charge is 0.490 e. The van der Waals surface area contributed by atoms with E-state index in [1.54, 1.807) is 6.07 Å². The first-order valence-electron chi connectivity index (χ1n) is 6.80. The summed E-state index contributed by atoms with van der Waals surface area (Å²) in [4.78, 5) is 24.3. The molecule has 20 heavy (non-hydrogen) atoms. The van der Waals surface area contributed by atoms with Gasteiger partial charge in [-0.15, -0.1) is 0 Å². The van der Waals surface area contributed by atoms with Crippen LogP contribution in [0.4, 0.5) is 5.69 Å². The molecule has 0 unspecified atom stereocenters. The average molecular weight is 276 g/mol. The highest BCUT2D eigenvalue weighted by atomic mass is 16.6. The predicted molar refractivity (Wildman–Crippen MR) is 71.5 cm³/mol. The lowest BCUT2D eigenvalue weighted by atomic mass is 9.95. The van der Waals surface area contributed by atoms with Crippen molar-refractivity contribution in [1.29, 1.82) is 0 Å². The lowest BCUT2D eigenvalue weighted by molar-refractivity contribution is -0.385. The van der Waals surface area contributed by atoms with Crippen molar-refractivity contribution in [2.75, 3.05) is 6.54 Å². The van der Waals surface area contributed by atoms with Crippen molar-refractivity contribution >= 4 is 11.6 Å². The molecule has 1 aromatic rings. The van der Waals surface area contributed by atoms with Crippen molar-refractivity contribution in [2.45, 2.75) is 38.3 Å². The maximum Gasteiger partial charge on any atom is 0.270 e. The molecular formula is C14H16N2O4. The molecule has 106 valence electrons. The van der Waals surface area contributed by atoms with Gasteiger partial charge in [-0.1, -0.05) is 0 Å². The van der Waals surface area contributed by atoms with E-state index < -0.39 is 4.92 Å². The maximum atomic E-state index is 12.0. The van der Waals surface area contributed by atoms with Crippen LogP contribution in [-0.4, -0.2) is 28.4 Å². The summed E-state index contributed by atoms with van der Waals surface area (Å²) in [6.07, 6.45) is 2.10. The Hall–Kier alpha value is -2.11. The molecule has 0 saturated carbocycles. The minimum Gasteiger partial charge on any atom is -0.490 e. The number of carbonyl (C=O) groups excluding carboxylic acids is 1. The van der Waals surface area contributed by atoms with Gasteiger partial charge in [0.1, 0.15) is 5.75 Å². The summed E-state index contributed by atoms with van der Waals surface area (Å²) >= 11 is 0. The topological polar surface area (TPSA) is 72.7 Å². The van der Waals surface area contributed by atoms with Gasteiger partial charge in [-0.05, 0) is 19.4 Å². The highest BCUT2D eigenvalue weighted by Crippen LogP contribution is 2.41. The van der Waals surface area contributed by atoms with E-state index in [1.807, 2.05) is 11.8 Å². The molecule has 2 aliphatic rings. The third kappa shape index (κ3) is 2.11. The summed E-state index contributed by atoms with van der Waals surface area (Å²) in [5.41, 5.74) is 0.797. The molecule has 2 atom stereocenters. The predicted octanol–water partition coefficient (Wildman–Crippen LogP) is 2.43. The van der Waals surface area contributed by atoms with Crippen LogP contribution in [-0.2, 0) is 4.79 Å². The third-order valence-electron chi connectivity index (χ3n) is 3.93. The zero-order valence-electron chi connectivity index (χ0n) is 11.2. The molecule has 6 heteroatoms. The quantitative estimate of drug-likeness (QED) is 0.614. The summed E-state index contributed by atoms with van der Waals surface area (Å²) in [5.74, 6) is 0.778. The molecule has 0 N–H and O–H groups in total. The average Bonchev–Trinajstić information content (AvgIpc) is 2.83. The molecule has 2 aliphatic heterocycles. The van der Waals surface area contributed by atoms with E-state index in [0.29, 0.717) is 18.6 Å². The van der Waals surface area contributed by atoms with Crippen molar-refractivity contribution in [3.63, 3.8) is 0 Å². The summed E-state index contributed by atoms with van der Waals surface area (Å²) < 4.78 is 5.73. The fraction of sp³-hybridized carbons (Fsp3) is 0.500. The minimum atomic E-state index is -0.415. The van der Waals surface area contributed by atoms with Crippen molar-refractivity contribution in [3.8, 4) is 5.75 Å². The molecule has 0 spiro atoms. The van der Waals surface area contributed by atoms with Crippen molar-refractivity contribution in [1.82, 2.24) is 4.90 Å². The fourth-order valence-corrected chi connectivity index (χ4v) is 3.02. The van der Waals surface area contributed by atoms with E-state index in [2.05, 4.69) is 0 Å². The van der Waals surface area contributed by atoms with E-state index in [1.165, 1.54) is 12.1 Å². The summed E-state index contributed by atoms with van der Waals surface area (Å²) in [6.45, 7) is 2.68. The third-order valence-corrected chi connectivity index (χ3v) is 3.93. The number of rotatable bonds is 2. The lowest BCUT2D eigenvalue weighted by Gasteiger charge is -2.35. The Labute approximate surface area is 116 Å². The molecule has 1 saturated heterocycles. The van der Waals surface area contributed by atoms with Crippen LogP contribution >= 0.6 is 0 Å². The number of benzene rings is 1. The monoisotopic (exact) mass is 276 g/mol. The SMILES string of the molecule is C[C@@H]1C[C@@H](N2CCCC2=O)c2cc([N+](=O)[O-])ccc2O1. The molecule has 1 aromatic carbocycles. The van der Waals surface area contributed by atoms with Crippen LogP contribution in [0.25, 0.3) is 0 Å². The Morgan fingerprint density at radius 3 is 2.90 bits per heavy atom. The van der Waals surface area contributed by atoms with Gasteiger partial charge in [0.2, 0.25) is 5.91 Å². The normalized spacial score (nSPS) is 25.2. The molecule has 6 nitrogen and oxygen atoms in total. The van der Waals surface area contributed by atoms with E-state index in [0.717, 1.165) is 18.5 Å². The number of non-ortho nitro benzene ring substituents is 1. The smallest absolute Gasteiger partial charge is 0.270 e. The van der Waals surface area contributed by atoms with Crippen LogP contribution in [0.2, 0.25) is 0 Å². The zero-order chi connectivity index (χ0) is 14.3. The molecular weight excluding hydrogens is 260 g/mol. The number of fused-ring (bicyclic) bond motifs is 1. The zero-order valence-corrected chi connectivity index (χ0v) is 11.2. The second-order valence-corrected chi connectivity index (χ2v) is 5.35. The molecule has 1 fully saturated rings. The standard InChI is InChI=1S/C14H16N2O4/c1-9-7-12(15-6-2-3-14(15)17)11-8-10(16(18)19)4-5-13(11)20-9/h4-5,8-9,12H,2-3,6-7H2,1H3/t9-,12-/m1/s1. The number of nitro groups is 1. The maximum absolute atomic E-state index is 12.0. The second-order valence-electron chi connectivity index (χ2n) is 5.35. The van der Waals surface area contributed by atoms with Gasteiger partial charge in [-0.25, -0.2) is 0 Å². The summed E-state index contributed by atoms with van der Waals surface area (Å²) in [5, 5.41) is 10.9. The molecule has 0 aromatic heterocycles. The Balaban J connectivity index is 2.02. The van der Waals surface area contributed by atoms with E-state index in [-0.39, 0.29) is 23.7 Å². The first-order valence-corrected chi connectivity index (χ1v) is 6.80.